The van der Waals surface area contributed by atoms with Gasteiger partial charge < -0.3 is 20.7 Å². The molecule has 0 spiro atoms. The molecule has 0 bridgehead atoms. The highest BCUT2D eigenvalue weighted by Crippen LogP contribution is 2.20. The summed E-state index contributed by atoms with van der Waals surface area (Å²) in [5, 5.41) is 3.24. The van der Waals surface area contributed by atoms with Gasteiger partial charge in [-0.3, -0.25) is 0 Å². The number of rotatable bonds is 5. The molecular formula is C15H19N5O. The molecule has 0 amide bonds. The average molecular weight is 285 g/mol. The largest absolute Gasteiger partial charge is 0.486 e. The minimum Gasteiger partial charge on any atom is -0.486 e. The second kappa shape index (κ2) is 5.97. The van der Waals surface area contributed by atoms with E-state index >= 15 is 0 Å². The van der Waals surface area contributed by atoms with Crippen molar-refractivity contribution < 1.29 is 4.74 Å². The van der Waals surface area contributed by atoms with Crippen LogP contribution in [-0.2, 0) is 6.61 Å². The molecule has 6 nitrogen and oxygen atoms in total. The standard InChI is InChI=1S/C15H19N5O/c1-17-11-8-20(9-11)15-7-13(16)18-14(19-15)10-21-12-5-3-2-4-6-12/h2-7,11,17H,8-10H2,1H3,(H2,16,18,19). The average Bonchev–Trinajstić information content (AvgIpc) is 2.45. The normalized spacial score (nSPS) is 14.8. The summed E-state index contributed by atoms with van der Waals surface area (Å²) in [6.07, 6.45) is 0. The van der Waals surface area contributed by atoms with Crippen molar-refractivity contribution in [1.29, 1.82) is 0 Å². The van der Waals surface area contributed by atoms with Gasteiger partial charge in [0.15, 0.2) is 5.82 Å². The molecule has 2 aromatic rings. The van der Waals surface area contributed by atoms with Gasteiger partial charge in [0.25, 0.3) is 0 Å². The van der Waals surface area contributed by atoms with E-state index in [1.807, 2.05) is 37.4 Å². The Morgan fingerprint density at radius 2 is 2.05 bits per heavy atom. The number of likely N-dealkylation sites (N-methyl/N-ethyl adjacent to an activating group) is 1. The van der Waals surface area contributed by atoms with Gasteiger partial charge in [0.2, 0.25) is 0 Å². The fourth-order valence-electron chi connectivity index (χ4n) is 2.24. The summed E-state index contributed by atoms with van der Waals surface area (Å²) < 4.78 is 5.66. The van der Waals surface area contributed by atoms with E-state index < -0.39 is 0 Å². The predicted octanol–water partition coefficient (Wildman–Crippen LogP) is 1.05. The second-order valence-electron chi connectivity index (χ2n) is 5.06. The van der Waals surface area contributed by atoms with Gasteiger partial charge in [-0.2, -0.15) is 0 Å². The third kappa shape index (κ3) is 3.22. The van der Waals surface area contributed by atoms with Crippen molar-refractivity contribution in [1.82, 2.24) is 15.3 Å². The van der Waals surface area contributed by atoms with Gasteiger partial charge in [0.1, 0.15) is 24.0 Å². The van der Waals surface area contributed by atoms with Crippen LogP contribution in [0.25, 0.3) is 0 Å². The quantitative estimate of drug-likeness (QED) is 0.855. The van der Waals surface area contributed by atoms with Crippen molar-refractivity contribution in [2.45, 2.75) is 12.6 Å². The third-order valence-corrected chi connectivity index (χ3v) is 3.50. The number of para-hydroxylation sites is 1. The fourth-order valence-corrected chi connectivity index (χ4v) is 2.24. The molecule has 1 saturated heterocycles. The summed E-state index contributed by atoms with van der Waals surface area (Å²) in [4.78, 5) is 10.9. The first-order valence-corrected chi connectivity index (χ1v) is 6.98. The van der Waals surface area contributed by atoms with Crippen LogP contribution >= 0.6 is 0 Å². The summed E-state index contributed by atoms with van der Waals surface area (Å²) in [6, 6.07) is 11.9. The first-order valence-electron chi connectivity index (χ1n) is 6.98. The SMILES string of the molecule is CNC1CN(c2cc(N)nc(COc3ccccc3)n2)C1. The lowest BCUT2D eigenvalue weighted by molar-refractivity contribution is 0.296. The fraction of sp³-hybridized carbons (Fsp3) is 0.333. The Bertz CT molecular complexity index is 598. The van der Waals surface area contributed by atoms with Crippen molar-refractivity contribution in [3.8, 4) is 5.75 Å². The van der Waals surface area contributed by atoms with Crippen LogP contribution in [0.4, 0.5) is 11.6 Å². The first-order chi connectivity index (χ1) is 10.2. The molecular weight excluding hydrogens is 266 g/mol. The first kappa shape index (κ1) is 13.6. The number of nitrogens with two attached hydrogens (primary N) is 1. The third-order valence-electron chi connectivity index (χ3n) is 3.50. The summed E-state index contributed by atoms with van der Waals surface area (Å²) in [5.41, 5.74) is 5.86. The molecule has 1 fully saturated rings. The number of hydrogen-bond acceptors (Lipinski definition) is 6. The van der Waals surface area contributed by atoms with E-state index in [0.29, 0.717) is 24.3 Å². The van der Waals surface area contributed by atoms with Gasteiger partial charge in [-0.25, -0.2) is 9.97 Å². The van der Waals surface area contributed by atoms with E-state index in [-0.39, 0.29) is 0 Å². The van der Waals surface area contributed by atoms with Gasteiger partial charge in [-0.15, -0.1) is 0 Å². The van der Waals surface area contributed by atoms with Gasteiger partial charge in [0, 0.05) is 25.2 Å². The Hall–Kier alpha value is -2.34. The Balaban J connectivity index is 1.67. The zero-order valence-corrected chi connectivity index (χ0v) is 12.0. The van der Waals surface area contributed by atoms with Crippen LogP contribution < -0.4 is 20.7 Å². The number of aromatic nitrogens is 2. The molecule has 21 heavy (non-hydrogen) atoms. The van der Waals surface area contributed by atoms with Gasteiger partial charge in [-0.05, 0) is 19.2 Å². The zero-order chi connectivity index (χ0) is 14.7. The molecule has 0 atom stereocenters. The number of anilines is 2. The van der Waals surface area contributed by atoms with Crippen LogP contribution in [0, 0.1) is 0 Å². The molecule has 3 rings (SSSR count). The van der Waals surface area contributed by atoms with Crippen LogP contribution in [-0.4, -0.2) is 36.1 Å². The lowest BCUT2D eigenvalue weighted by Crippen LogP contribution is -2.57. The number of nitrogen functional groups attached to an aromatic ring is 1. The van der Waals surface area contributed by atoms with E-state index in [0.717, 1.165) is 24.7 Å². The van der Waals surface area contributed by atoms with Crippen molar-refractivity contribution in [2.24, 2.45) is 0 Å². The van der Waals surface area contributed by atoms with E-state index in [4.69, 9.17) is 10.5 Å². The van der Waals surface area contributed by atoms with E-state index in [1.165, 1.54) is 0 Å². The summed E-state index contributed by atoms with van der Waals surface area (Å²) in [6.45, 7) is 2.18. The zero-order valence-electron chi connectivity index (χ0n) is 12.0. The maximum atomic E-state index is 5.86. The van der Waals surface area contributed by atoms with Gasteiger partial charge >= 0.3 is 0 Å². The topological polar surface area (TPSA) is 76.3 Å². The summed E-state index contributed by atoms with van der Waals surface area (Å²) >= 11 is 0. The number of nitrogens with zero attached hydrogens (tertiary/aromatic N) is 3. The molecule has 2 heterocycles. The summed E-state index contributed by atoms with van der Waals surface area (Å²) in [7, 11) is 1.97. The maximum absolute atomic E-state index is 5.86. The Morgan fingerprint density at radius 1 is 1.29 bits per heavy atom. The molecule has 110 valence electrons. The van der Waals surface area contributed by atoms with Crippen LogP contribution in [0.3, 0.4) is 0 Å². The van der Waals surface area contributed by atoms with Crippen LogP contribution in [0.5, 0.6) is 5.75 Å². The lowest BCUT2D eigenvalue weighted by atomic mass is 10.1. The molecule has 0 unspecified atom stereocenters. The minimum atomic E-state index is 0.311. The van der Waals surface area contributed by atoms with Crippen molar-refractivity contribution in [3.05, 3.63) is 42.2 Å². The highest BCUT2D eigenvalue weighted by atomic mass is 16.5. The minimum absolute atomic E-state index is 0.311. The van der Waals surface area contributed by atoms with E-state index in [9.17, 15) is 0 Å². The molecule has 0 radical (unpaired) electrons. The molecule has 3 N–H and O–H groups in total. The van der Waals surface area contributed by atoms with E-state index in [1.54, 1.807) is 6.07 Å². The maximum Gasteiger partial charge on any atom is 0.170 e. The van der Waals surface area contributed by atoms with Crippen LogP contribution in [0.15, 0.2) is 36.4 Å². The number of benzene rings is 1. The monoisotopic (exact) mass is 285 g/mol. The smallest absolute Gasteiger partial charge is 0.170 e. The second-order valence-corrected chi connectivity index (χ2v) is 5.06. The van der Waals surface area contributed by atoms with Crippen LogP contribution in [0.1, 0.15) is 5.82 Å². The van der Waals surface area contributed by atoms with Crippen molar-refractivity contribution in [3.63, 3.8) is 0 Å². The lowest BCUT2D eigenvalue weighted by Gasteiger charge is -2.40. The van der Waals surface area contributed by atoms with Crippen LogP contribution in [0.2, 0.25) is 0 Å². The molecule has 0 aliphatic carbocycles. The Labute approximate surface area is 124 Å². The number of nitrogens with one attached hydrogen (secondary N) is 1. The van der Waals surface area contributed by atoms with Crippen molar-refractivity contribution in [2.75, 3.05) is 30.8 Å². The highest BCUT2D eigenvalue weighted by molar-refractivity contribution is 5.49. The van der Waals surface area contributed by atoms with Crippen molar-refractivity contribution >= 4 is 11.6 Å². The van der Waals surface area contributed by atoms with E-state index in [2.05, 4.69) is 20.2 Å². The predicted molar refractivity (Wildman–Crippen MR) is 82.3 cm³/mol. The highest BCUT2D eigenvalue weighted by Gasteiger charge is 2.26. The Kier molecular flexibility index (Phi) is 3.87. The Morgan fingerprint density at radius 3 is 2.76 bits per heavy atom. The molecule has 6 heteroatoms. The molecule has 1 aliphatic rings. The molecule has 1 aromatic carbocycles. The van der Waals surface area contributed by atoms with Gasteiger partial charge in [0.05, 0.1) is 0 Å². The summed E-state index contributed by atoms with van der Waals surface area (Å²) in [5.74, 6) is 2.73. The molecule has 0 saturated carbocycles. The molecule has 1 aliphatic heterocycles. The number of ether oxygens (including phenoxy) is 1. The number of hydrogen-bond donors (Lipinski definition) is 2. The molecule has 1 aromatic heterocycles. The van der Waals surface area contributed by atoms with Gasteiger partial charge in [-0.1, -0.05) is 18.2 Å².